The summed E-state index contributed by atoms with van der Waals surface area (Å²) in [6.45, 7) is 3.41. The van der Waals surface area contributed by atoms with Crippen LogP contribution in [0.1, 0.15) is 12.5 Å². The number of hydrogen-bond donors (Lipinski definition) is 3. The molecular weight excluding hydrogens is 364 g/mol. The van der Waals surface area contributed by atoms with Crippen LogP contribution in [0.2, 0.25) is 0 Å². The predicted octanol–water partition coefficient (Wildman–Crippen LogP) is 1.05. The van der Waals surface area contributed by atoms with Gasteiger partial charge in [-0.1, -0.05) is 19.1 Å². The lowest BCUT2D eigenvalue weighted by Gasteiger charge is -2.09. The molecule has 8 heteroatoms. The van der Waals surface area contributed by atoms with Gasteiger partial charge in [0, 0.05) is 18.4 Å². The van der Waals surface area contributed by atoms with Gasteiger partial charge in [-0.15, -0.1) is 0 Å². The molecule has 1 aromatic carbocycles. The van der Waals surface area contributed by atoms with Crippen molar-refractivity contribution in [3.63, 3.8) is 0 Å². The molecule has 0 fully saturated rings. The molecule has 1 heterocycles. The minimum absolute atomic E-state index is 0.189. The zero-order chi connectivity index (χ0) is 16.8. The highest BCUT2D eigenvalue weighted by atomic mass is 79.9. The van der Waals surface area contributed by atoms with Gasteiger partial charge in [0.15, 0.2) is 0 Å². The van der Waals surface area contributed by atoms with Crippen LogP contribution in [0.5, 0.6) is 0 Å². The Morgan fingerprint density at radius 2 is 2.13 bits per heavy atom. The summed E-state index contributed by atoms with van der Waals surface area (Å²) in [5.41, 5.74) is 0.549. The van der Waals surface area contributed by atoms with Gasteiger partial charge in [0.25, 0.3) is 5.56 Å². The molecule has 0 saturated heterocycles. The predicted molar refractivity (Wildman–Crippen MR) is 91.5 cm³/mol. The Kier molecular flexibility index (Phi) is 5.89. The van der Waals surface area contributed by atoms with Gasteiger partial charge in [0.05, 0.1) is 4.47 Å². The summed E-state index contributed by atoms with van der Waals surface area (Å²) in [4.78, 5) is 37.1. The van der Waals surface area contributed by atoms with Crippen molar-refractivity contribution in [1.82, 2.24) is 14.9 Å². The maximum absolute atomic E-state index is 12.1. The number of amides is 1. The number of carbonyl (C=O) groups excluding carboxylic acids is 1. The summed E-state index contributed by atoms with van der Waals surface area (Å²) >= 11 is 3.03. The number of halogens is 1. The molecule has 23 heavy (non-hydrogen) atoms. The Bertz CT molecular complexity index is 813. The van der Waals surface area contributed by atoms with Crippen LogP contribution in [0.15, 0.2) is 44.5 Å². The molecule has 3 N–H and O–H groups in total. The number of nitrogens with one attached hydrogen (secondary N) is 3. The van der Waals surface area contributed by atoms with Crippen LogP contribution in [0, 0.1) is 0 Å². The second-order valence-corrected chi connectivity index (χ2v) is 5.75. The number of anilines is 1. The molecule has 7 nitrogen and oxygen atoms in total. The first-order chi connectivity index (χ1) is 11.0. The molecule has 2 aromatic rings. The molecule has 0 aliphatic heterocycles. The molecule has 1 aromatic heterocycles. The lowest BCUT2D eigenvalue weighted by molar-refractivity contribution is -0.116. The number of nitrogens with zero attached hydrogens (tertiary/aromatic N) is 1. The summed E-state index contributed by atoms with van der Waals surface area (Å²) in [6, 6.07) is 7.46. The number of hydrogen-bond acceptors (Lipinski definition) is 4. The normalized spacial score (nSPS) is 10.5. The van der Waals surface area contributed by atoms with Crippen molar-refractivity contribution in [2.24, 2.45) is 0 Å². The molecule has 2 rings (SSSR count). The highest BCUT2D eigenvalue weighted by molar-refractivity contribution is 9.10. The van der Waals surface area contributed by atoms with Crippen molar-refractivity contribution in [3.8, 4) is 0 Å². The van der Waals surface area contributed by atoms with Crippen molar-refractivity contribution >= 4 is 27.5 Å². The van der Waals surface area contributed by atoms with E-state index < -0.39 is 11.2 Å². The number of aromatic nitrogens is 2. The van der Waals surface area contributed by atoms with Gasteiger partial charge in [-0.25, -0.2) is 4.79 Å². The van der Waals surface area contributed by atoms with E-state index in [1.54, 1.807) is 6.07 Å². The molecule has 1 amide bonds. The first-order valence-electron chi connectivity index (χ1n) is 7.08. The zero-order valence-corrected chi connectivity index (χ0v) is 14.1. The van der Waals surface area contributed by atoms with Crippen LogP contribution >= 0.6 is 15.9 Å². The monoisotopic (exact) mass is 380 g/mol. The lowest BCUT2D eigenvalue weighted by atomic mass is 10.2. The molecule has 0 unspecified atom stereocenters. The summed E-state index contributed by atoms with van der Waals surface area (Å²) in [6.07, 6.45) is 1.29. The Labute approximate surface area is 140 Å². The van der Waals surface area contributed by atoms with Gasteiger partial charge in [-0.05, 0) is 40.2 Å². The second-order valence-electron chi connectivity index (χ2n) is 4.89. The first kappa shape index (κ1) is 17.2. The summed E-state index contributed by atoms with van der Waals surface area (Å²) in [5.74, 6) is -0.355. The van der Waals surface area contributed by atoms with Crippen LogP contribution in [-0.4, -0.2) is 22.0 Å². The SMILES string of the molecule is CCNCc1cccc(NC(=O)Cn2cc(Br)c(=O)[nH]c2=O)c1. The van der Waals surface area contributed by atoms with E-state index >= 15 is 0 Å². The second kappa shape index (κ2) is 7.89. The van der Waals surface area contributed by atoms with Crippen molar-refractivity contribution < 1.29 is 4.79 Å². The largest absolute Gasteiger partial charge is 0.328 e. The highest BCUT2D eigenvalue weighted by Crippen LogP contribution is 2.10. The number of aromatic amines is 1. The van der Waals surface area contributed by atoms with Crippen LogP contribution in [0.4, 0.5) is 5.69 Å². The highest BCUT2D eigenvalue weighted by Gasteiger charge is 2.08. The maximum atomic E-state index is 12.1. The third-order valence-electron chi connectivity index (χ3n) is 3.07. The zero-order valence-electron chi connectivity index (χ0n) is 12.6. The van der Waals surface area contributed by atoms with E-state index in [0.717, 1.165) is 16.7 Å². The fourth-order valence-corrected chi connectivity index (χ4v) is 2.33. The number of benzene rings is 1. The standard InChI is InChI=1S/C15H17BrN4O3/c1-2-17-7-10-4-3-5-11(6-10)18-13(21)9-20-8-12(16)14(22)19-15(20)23/h3-6,8,17H,2,7,9H2,1H3,(H,18,21)(H,19,22,23). The molecule has 0 atom stereocenters. The van der Waals surface area contributed by atoms with E-state index in [1.165, 1.54) is 6.20 Å². The molecule has 0 aliphatic rings. The van der Waals surface area contributed by atoms with E-state index in [9.17, 15) is 14.4 Å². The van der Waals surface area contributed by atoms with E-state index in [4.69, 9.17) is 0 Å². The van der Waals surface area contributed by atoms with Crippen molar-refractivity contribution in [2.45, 2.75) is 20.0 Å². The quantitative estimate of drug-likeness (QED) is 0.697. The molecule has 0 spiro atoms. The number of rotatable bonds is 6. The summed E-state index contributed by atoms with van der Waals surface area (Å²) in [7, 11) is 0. The average molecular weight is 381 g/mol. The van der Waals surface area contributed by atoms with E-state index in [-0.39, 0.29) is 16.9 Å². The Morgan fingerprint density at radius 3 is 2.87 bits per heavy atom. The van der Waals surface area contributed by atoms with E-state index in [1.807, 2.05) is 25.1 Å². The number of carbonyl (C=O) groups is 1. The van der Waals surface area contributed by atoms with Crippen molar-refractivity contribution in [2.75, 3.05) is 11.9 Å². The van der Waals surface area contributed by atoms with Gasteiger partial charge < -0.3 is 10.6 Å². The minimum Gasteiger partial charge on any atom is -0.325 e. The van der Waals surface area contributed by atoms with E-state index in [0.29, 0.717) is 12.2 Å². The average Bonchev–Trinajstić information content (AvgIpc) is 2.51. The van der Waals surface area contributed by atoms with Crippen molar-refractivity contribution in [3.05, 3.63) is 61.3 Å². The van der Waals surface area contributed by atoms with Gasteiger partial charge >= 0.3 is 5.69 Å². The Morgan fingerprint density at radius 1 is 1.35 bits per heavy atom. The van der Waals surface area contributed by atoms with Crippen LogP contribution in [0.25, 0.3) is 0 Å². The van der Waals surface area contributed by atoms with Crippen LogP contribution in [0.3, 0.4) is 0 Å². The summed E-state index contributed by atoms with van der Waals surface area (Å²) in [5, 5.41) is 5.94. The van der Waals surface area contributed by atoms with Gasteiger partial charge in [-0.3, -0.25) is 19.1 Å². The molecule has 122 valence electrons. The summed E-state index contributed by atoms with van der Waals surface area (Å²) < 4.78 is 1.32. The van der Waals surface area contributed by atoms with Crippen molar-refractivity contribution in [1.29, 1.82) is 0 Å². The fourth-order valence-electron chi connectivity index (χ4n) is 1.98. The first-order valence-corrected chi connectivity index (χ1v) is 7.87. The van der Waals surface area contributed by atoms with Crippen LogP contribution in [-0.2, 0) is 17.9 Å². The minimum atomic E-state index is -0.630. The smallest absolute Gasteiger partial charge is 0.325 e. The Hall–Kier alpha value is -2.19. The fraction of sp³-hybridized carbons (Fsp3) is 0.267. The topological polar surface area (TPSA) is 96.0 Å². The maximum Gasteiger partial charge on any atom is 0.328 e. The van der Waals surface area contributed by atoms with E-state index in [2.05, 4.69) is 31.5 Å². The van der Waals surface area contributed by atoms with Gasteiger partial charge in [-0.2, -0.15) is 0 Å². The van der Waals surface area contributed by atoms with Crippen LogP contribution < -0.4 is 21.9 Å². The lowest BCUT2D eigenvalue weighted by Crippen LogP contribution is -2.33. The molecular formula is C15H17BrN4O3. The molecule has 0 bridgehead atoms. The Balaban J connectivity index is 2.07. The molecule has 0 aliphatic carbocycles. The van der Waals surface area contributed by atoms with Gasteiger partial charge in [0.1, 0.15) is 6.54 Å². The molecule has 0 saturated carbocycles. The number of H-pyrrole nitrogens is 1. The third kappa shape index (κ3) is 4.90. The third-order valence-corrected chi connectivity index (χ3v) is 3.64. The van der Waals surface area contributed by atoms with Gasteiger partial charge in [0.2, 0.25) is 5.91 Å². The molecule has 0 radical (unpaired) electrons.